The van der Waals surface area contributed by atoms with Crippen LogP contribution in [0, 0.1) is 0 Å². The monoisotopic (exact) mass is 1350 g/mol. The van der Waals surface area contributed by atoms with E-state index in [4.69, 9.17) is 38.1 Å². The van der Waals surface area contributed by atoms with Gasteiger partial charge in [-0.1, -0.05) is 324 Å². The lowest BCUT2D eigenvalue weighted by atomic mass is 10.0. The van der Waals surface area contributed by atoms with Gasteiger partial charge in [0, 0.05) is 22.3 Å². The van der Waals surface area contributed by atoms with Crippen molar-refractivity contribution >= 4 is 11.0 Å². The molecule has 0 fully saturated rings. The molecule has 6 rings (SSSR count). The Balaban J connectivity index is 1.25. The van der Waals surface area contributed by atoms with Crippen LogP contribution in [0.15, 0.2) is 83.3 Å². The van der Waals surface area contributed by atoms with Crippen molar-refractivity contribution in [3.05, 3.63) is 78.9 Å². The first kappa shape index (κ1) is 81.3. The molecule has 0 atom stereocenters. The van der Waals surface area contributed by atoms with Crippen LogP contribution in [-0.2, 0) is 0 Å². The van der Waals surface area contributed by atoms with Crippen molar-refractivity contribution in [3.63, 3.8) is 0 Å². The highest BCUT2D eigenvalue weighted by Gasteiger charge is 2.21. The van der Waals surface area contributed by atoms with Crippen LogP contribution in [-0.4, -0.2) is 53.2 Å². The van der Waals surface area contributed by atoms with Gasteiger partial charge >= 0.3 is 0 Å². The summed E-state index contributed by atoms with van der Waals surface area (Å²) in [6, 6.07) is 26.8. The summed E-state index contributed by atoms with van der Waals surface area (Å²) in [6.07, 6.45) is 64.1. The van der Waals surface area contributed by atoms with E-state index in [2.05, 4.69) is 81.2 Å². The molecular formula is C88H138N4O6. The molecule has 546 valence electrons. The molecule has 0 aliphatic heterocycles. The summed E-state index contributed by atoms with van der Waals surface area (Å²) in [4.78, 5) is 11.1. The SMILES string of the molecule is CCCCCCCCCCCCOc1ccc(-c2nnc(-c3ccc4nc(-c5ccc(OCCCCCCCCCCCC)c(OCCCCCCCCCCCC)c5)c(-c5ccc(OCCCCCCCCCCCC)c(OCCCCCCCCCCCC)c5)nc4c3)o2)cc1. The Morgan fingerprint density at radius 3 is 0.837 bits per heavy atom. The van der Waals surface area contributed by atoms with E-state index in [1.54, 1.807) is 0 Å². The van der Waals surface area contributed by atoms with Crippen LogP contribution in [0.25, 0.3) is 56.5 Å². The Bertz CT molecular complexity index is 2900. The summed E-state index contributed by atoms with van der Waals surface area (Å²) < 4.78 is 39.5. The van der Waals surface area contributed by atoms with Crippen molar-refractivity contribution in [2.24, 2.45) is 0 Å². The van der Waals surface area contributed by atoms with E-state index >= 15 is 0 Å². The third-order valence-corrected chi connectivity index (χ3v) is 19.7. The lowest BCUT2D eigenvalue weighted by molar-refractivity contribution is 0.258. The molecule has 0 spiro atoms. The number of benzene rings is 4. The first-order valence-electron chi connectivity index (χ1n) is 41.2. The zero-order chi connectivity index (χ0) is 68.8. The number of hydrogen-bond donors (Lipinski definition) is 0. The molecule has 4 aromatic carbocycles. The number of aromatic nitrogens is 4. The van der Waals surface area contributed by atoms with E-state index in [-0.39, 0.29) is 0 Å². The molecule has 0 saturated carbocycles. The van der Waals surface area contributed by atoms with Gasteiger partial charge in [-0.3, -0.25) is 0 Å². The van der Waals surface area contributed by atoms with E-state index in [9.17, 15) is 0 Å². The van der Waals surface area contributed by atoms with Crippen LogP contribution in [0.1, 0.15) is 356 Å². The normalized spacial score (nSPS) is 11.5. The smallest absolute Gasteiger partial charge is 0.248 e. The molecule has 2 aromatic heterocycles. The van der Waals surface area contributed by atoms with Gasteiger partial charge in [0.15, 0.2) is 23.0 Å². The van der Waals surface area contributed by atoms with E-state index in [1.807, 2.05) is 42.5 Å². The van der Waals surface area contributed by atoms with Crippen molar-refractivity contribution in [3.8, 4) is 74.2 Å². The minimum absolute atomic E-state index is 0.416. The highest BCUT2D eigenvalue weighted by molar-refractivity contribution is 5.89. The van der Waals surface area contributed by atoms with Gasteiger partial charge in [0.2, 0.25) is 11.8 Å². The van der Waals surface area contributed by atoms with Crippen LogP contribution in [0.4, 0.5) is 0 Å². The number of ether oxygens (including phenoxy) is 5. The average Bonchev–Trinajstić information content (AvgIpc) is 0.979. The van der Waals surface area contributed by atoms with Crippen LogP contribution in [0.5, 0.6) is 28.7 Å². The van der Waals surface area contributed by atoms with Gasteiger partial charge in [0.1, 0.15) is 5.75 Å². The van der Waals surface area contributed by atoms with Crippen molar-refractivity contribution in [2.45, 2.75) is 356 Å². The van der Waals surface area contributed by atoms with Gasteiger partial charge in [-0.05, 0) is 111 Å². The molecule has 0 N–H and O–H groups in total. The summed E-state index contributed by atoms with van der Waals surface area (Å²) in [5.74, 6) is 4.78. The largest absolute Gasteiger partial charge is 0.494 e. The maximum absolute atomic E-state index is 6.81. The van der Waals surface area contributed by atoms with Gasteiger partial charge in [-0.15, -0.1) is 10.2 Å². The molecule has 0 unspecified atom stereocenters. The Kier molecular flexibility index (Phi) is 44.9. The Labute approximate surface area is 597 Å². The summed E-state index contributed by atoms with van der Waals surface area (Å²) in [6.45, 7) is 14.7. The van der Waals surface area contributed by atoms with Gasteiger partial charge < -0.3 is 28.1 Å². The first-order valence-corrected chi connectivity index (χ1v) is 41.2. The van der Waals surface area contributed by atoms with Crippen LogP contribution in [0.2, 0.25) is 0 Å². The summed E-state index contributed by atoms with van der Waals surface area (Å²) in [5.41, 5.74) is 6.38. The quantitative estimate of drug-likeness (QED) is 0.0342. The minimum atomic E-state index is 0.416. The predicted octanol–water partition coefficient (Wildman–Crippen LogP) is 28.2. The molecule has 10 heteroatoms. The Hall–Kier alpha value is -5.64. The van der Waals surface area contributed by atoms with Gasteiger partial charge in [0.25, 0.3) is 0 Å². The summed E-state index contributed by atoms with van der Waals surface area (Å²) >= 11 is 0. The minimum Gasteiger partial charge on any atom is -0.494 e. The Morgan fingerprint density at radius 2 is 0.500 bits per heavy atom. The Morgan fingerprint density at radius 1 is 0.235 bits per heavy atom. The summed E-state index contributed by atoms with van der Waals surface area (Å²) in [5, 5.41) is 9.12. The standard InChI is InChI=1S/C88H138N4O6/c1-6-11-16-21-26-31-36-41-46-51-66-93-78-61-56-74(57-62-78)87-91-92-88(98-87)77-58-63-79-80(71-77)90-86(76-60-65-82(95-68-53-48-43-38-33-28-23-18-13-8-3)84(73-76)97-70-55-50-45-40-35-30-25-20-15-10-5)85(89-79)75-59-64-81(94-67-52-47-42-37-32-27-22-17-12-7-2)83(72-75)96-69-54-49-44-39-34-29-24-19-14-9-4/h56-65,71-73H,6-55,66-70H2,1-5H3. The lowest BCUT2D eigenvalue weighted by Gasteiger charge is -2.17. The van der Waals surface area contributed by atoms with Crippen molar-refractivity contribution in [1.82, 2.24) is 20.2 Å². The molecule has 0 amide bonds. The second-order valence-electron chi connectivity index (χ2n) is 28.5. The van der Waals surface area contributed by atoms with Gasteiger partial charge in [-0.2, -0.15) is 0 Å². The molecule has 0 saturated heterocycles. The highest BCUT2D eigenvalue weighted by Crippen LogP contribution is 2.41. The highest BCUT2D eigenvalue weighted by atomic mass is 16.5. The fourth-order valence-electron chi connectivity index (χ4n) is 13.4. The second-order valence-corrected chi connectivity index (χ2v) is 28.5. The summed E-state index contributed by atoms with van der Waals surface area (Å²) in [7, 11) is 0. The van der Waals surface area contributed by atoms with Gasteiger partial charge in [0.05, 0.1) is 55.5 Å². The molecule has 0 radical (unpaired) electrons. The van der Waals surface area contributed by atoms with Crippen LogP contribution >= 0.6 is 0 Å². The number of unbranched alkanes of at least 4 members (excludes halogenated alkanes) is 45. The fraction of sp³-hybridized carbons (Fsp3) is 0.682. The fourth-order valence-corrected chi connectivity index (χ4v) is 13.4. The van der Waals surface area contributed by atoms with Crippen LogP contribution < -0.4 is 23.7 Å². The number of rotatable bonds is 64. The topological polar surface area (TPSA) is 111 Å². The van der Waals surface area contributed by atoms with Crippen molar-refractivity contribution < 1.29 is 28.1 Å². The maximum Gasteiger partial charge on any atom is 0.248 e. The molecule has 2 heterocycles. The molecule has 0 aliphatic rings. The van der Waals surface area contributed by atoms with E-state index in [0.717, 1.165) is 119 Å². The maximum atomic E-state index is 6.81. The zero-order valence-electron chi connectivity index (χ0n) is 63.1. The molecular weight excluding hydrogens is 1210 g/mol. The number of nitrogens with zero attached hydrogens (tertiary/aromatic N) is 4. The lowest BCUT2D eigenvalue weighted by Crippen LogP contribution is -2.04. The zero-order valence-corrected chi connectivity index (χ0v) is 63.1. The van der Waals surface area contributed by atoms with Crippen molar-refractivity contribution in [1.29, 1.82) is 0 Å². The molecule has 0 aliphatic carbocycles. The van der Waals surface area contributed by atoms with Crippen LogP contribution in [0.3, 0.4) is 0 Å². The molecule has 0 bridgehead atoms. The first-order chi connectivity index (χ1) is 48.5. The predicted molar refractivity (Wildman–Crippen MR) is 416 cm³/mol. The number of fused-ring (bicyclic) bond motifs is 1. The average molecular weight is 1350 g/mol. The number of hydrogen-bond acceptors (Lipinski definition) is 10. The molecule has 10 nitrogen and oxygen atoms in total. The van der Waals surface area contributed by atoms with E-state index in [0.29, 0.717) is 43.7 Å². The molecule has 98 heavy (non-hydrogen) atoms. The third kappa shape index (κ3) is 34.1. The molecule has 6 aromatic rings. The second kappa shape index (κ2) is 54.2. The third-order valence-electron chi connectivity index (χ3n) is 19.7. The van der Waals surface area contributed by atoms with Crippen molar-refractivity contribution in [2.75, 3.05) is 33.0 Å². The van der Waals surface area contributed by atoms with Gasteiger partial charge in [-0.25, -0.2) is 9.97 Å². The van der Waals surface area contributed by atoms with E-state index < -0.39 is 0 Å². The van der Waals surface area contributed by atoms with E-state index in [1.165, 1.54) is 276 Å².